The van der Waals surface area contributed by atoms with Crippen LogP contribution in [0.25, 0.3) is 0 Å². The fraction of sp³-hybridized carbons (Fsp3) is 0.176. The molecule has 126 valence electrons. The van der Waals surface area contributed by atoms with Crippen molar-refractivity contribution in [3.8, 4) is 11.5 Å². The number of aryl methyl sites for hydroxylation is 1. The van der Waals surface area contributed by atoms with Crippen molar-refractivity contribution in [2.45, 2.75) is 6.92 Å². The fourth-order valence-electron chi connectivity index (χ4n) is 1.84. The summed E-state index contributed by atoms with van der Waals surface area (Å²) < 4.78 is 12.2. The number of rotatable bonds is 6. The van der Waals surface area contributed by atoms with Gasteiger partial charge in [0.15, 0.2) is 6.61 Å². The Morgan fingerprint density at radius 2 is 1.88 bits per heavy atom. The van der Waals surface area contributed by atoms with Crippen molar-refractivity contribution in [3.05, 3.63) is 56.5 Å². The van der Waals surface area contributed by atoms with Gasteiger partial charge in [0, 0.05) is 0 Å². The molecule has 5 nitrogen and oxygen atoms in total. The van der Waals surface area contributed by atoms with Crippen LogP contribution in [-0.2, 0) is 4.79 Å². The molecule has 0 spiro atoms. The highest BCUT2D eigenvalue weighted by atomic mass is 79.9. The summed E-state index contributed by atoms with van der Waals surface area (Å²) in [5.41, 5.74) is 4.35. The summed E-state index contributed by atoms with van der Waals surface area (Å²) in [7, 11) is 1.60. The van der Waals surface area contributed by atoms with Crippen LogP contribution in [0.15, 0.2) is 50.4 Å². The number of nitrogens with one attached hydrogen (secondary N) is 1. The molecule has 1 N–H and O–H groups in total. The molecule has 1 amide bonds. The molecule has 0 aliphatic rings. The lowest BCUT2D eigenvalue weighted by molar-refractivity contribution is -0.123. The second kappa shape index (κ2) is 8.84. The predicted octanol–water partition coefficient (Wildman–Crippen LogP) is 4.06. The van der Waals surface area contributed by atoms with Gasteiger partial charge in [-0.2, -0.15) is 5.10 Å². The van der Waals surface area contributed by atoms with Crippen LogP contribution in [0.4, 0.5) is 0 Å². The average molecular weight is 456 g/mol. The van der Waals surface area contributed by atoms with Gasteiger partial charge in [-0.1, -0.05) is 6.07 Å². The number of carbonyl (C=O) groups is 1. The van der Waals surface area contributed by atoms with E-state index in [2.05, 4.69) is 42.4 Å². The quantitative estimate of drug-likeness (QED) is 0.527. The SMILES string of the molecule is COc1ccc(/C=N/NC(=O)COc2ccc(C)cc2Br)cc1Br. The van der Waals surface area contributed by atoms with Crippen molar-refractivity contribution in [3.63, 3.8) is 0 Å². The van der Waals surface area contributed by atoms with Crippen molar-refractivity contribution in [2.24, 2.45) is 5.10 Å². The van der Waals surface area contributed by atoms with Crippen LogP contribution in [0.5, 0.6) is 11.5 Å². The maximum absolute atomic E-state index is 11.8. The van der Waals surface area contributed by atoms with E-state index in [1.165, 1.54) is 0 Å². The monoisotopic (exact) mass is 454 g/mol. The van der Waals surface area contributed by atoms with Crippen molar-refractivity contribution < 1.29 is 14.3 Å². The largest absolute Gasteiger partial charge is 0.496 e. The van der Waals surface area contributed by atoms with Crippen LogP contribution in [0, 0.1) is 6.92 Å². The molecular formula is C17H16Br2N2O3. The first-order chi connectivity index (χ1) is 11.5. The Labute approximate surface area is 157 Å². The van der Waals surface area contributed by atoms with E-state index in [1.807, 2.05) is 43.3 Å². The van der Waals surface area contributed by atoms with Gasteiger partial charge in [0.1, 0.15) is 11.5 Å². The fourth-order valence-corrected chi connectivity index (χ4v) is 3.01. The standard InChI is InChI=1S/C17H16Br2N2O3/c1-11-3-5-16(13(18)7-11)24-10-17(22)21-20-9-12-4-6-15(23-2)14(19)8-12/h3-9H,10H2,1-2H3,(H,21,22)/b20-9+. The Morgan fingerprint density at radius 3 is 2.54 bits per heavy atom. The Hall–Kier alpha value is -1.86. The van der Waals surface area contributed by atoms with E-state index in [9.17, 15) is 4.79 Å². The minimum Gasteiger partial charge on any atom is -0.496 e. The maximum atomic E-state index is 11.8. The number of halogens is 2. The van der Waals surface area contributed by atoms with Crippen LogP contribution < -0.4 is 14.9 Å². The van der Waals surface area contributed by atoms with E-state index in [4.69, 9.17) is 9.47 Å². The molecular weight excluding hydrogens is 440 g/mol. The first-order valence-electron chi connectivity index (χ1n) is 7.04. The summed E-state index contributed by atoms with van der Waals surface area (Å²) in [6.45, 7) is 1.86. The van der Waals surface area contributed by atoms with Gasteiger partial charge in [0.05, 0.1) is 22.3 Å². The van der Waals surface area contributed by atoms with Gasteiger partial charge in [-0.05, 0) is 80.2 Å². The lowest BCUT2D eigenvalue weighted by atomic mass is 10.2. The van der Waals surface area contributed by atoms with Crippen molar-refractivity contribution in [1.29, 1.82) is 0 Å². The molecule has 0 radical (unpaired) electrons. The van der Waals surface area contributed by atoms with Crippen molar-refractivity contribution in [1.82, 2.24) is 5.43 Å². The zero-order valence-electron chi connectivity index (χ0n) is 13.2. The molecule has 2 aromatic carbocycles. The van der Waals surface area contributed by atoms with Crippen molar-refractivity contribution in [2.75, 3.05) is 13.7 Å². The van der Waals surface area contributed by atoms with E-state index in [-0.39, 0.29) is 12.5 Å². The number of hydrogen-bond acceptors (Lipinski definition) is 4. The van der Waals surface area contributed by atoms with E-state index < -0.39 is 0 Å². The van der Waals surface area contributed by atoms with Gasteiger partial charge in [-0.15, -0.1) is 0 Å². The summed E-state index contributed by atoms with van der Waals surface area (Å²) in [6, 6.07) is 11.1. The highest BCUT2D eigenvalue weighted by Gasteiger charge is 2.05. The normalized spacial score (nSPS) is 10.7. The first-order valence-corrected chi connectivity index (χ1v) is 8.62. The van der Waals surface area contributed by atoms with Gasteiger partial charge in [0.2, 0.25) is 0 Å². The average Bonchev–Trinajstić information content (AvgIpc) is 2.54. The second-order valence-corrected chi connectivity index (χ2v) is 6.62. The number of nitrogens with zero attached hydrogens (tertiary/aromatic N) is 1. The zero-order valence-corrected chi connectivity index (χ0v) is 16.3. The van der Waals surface area contributed by atoms with Crippen molar-refractivity contribution >= 4 is 44.0 Å². The minimum atomic E-state index is -0.341. The lowest BCUT2D eigenvalue weighted by Crippen LogP contribution is -2.24. The van der Waals surface area contributed by atoms with Crippen LogP contribution >= 0.6 is 31.9 Å². The maximum Gasteiger partial charge on any atom is 0.277 e. The van der Waals surface area contributed by atoms with Crippen LogP contribution in [0.2, 0.25) is 0 Å². The number of carbonyl (C=O) groups excluding carboxylic acids is 1. The van der Waals surface area contributed by atoms with E-state index >= 15 is 0 Å². The molecule has 0 aliphatic heterocycles. The molecule has 2 rings (SSSR count). The number of benzene rings is 2. The van der Waals surface area contributed by atoms with Crippen LogP contribution in [-0.4, -0.2) is 25.8 Å². The third-order valence-electron chi connectivity index (χ3n) is 3.02. The van der Waals surface area contributed by atoms with Gasteiger partial charge in [-0.3, -0.25) is 4.79 Å². The molecule has 2 aromatic rings. The molecule has 0 heterocycles. The third-order valence-corrected chi connectivity index (χ3v) is 4.26. The van der Waals surface area contributed by atoms with Crippen LogP contribution in [0.1, 0.15) is 11.1 Å². The number of hydrazone groups is 1. The van der Waals surface area contributed by atoms with Gasteiger partial charge in [-0.25, -0.2) is 5.43 Å². The Morgan fingerprint density at radius 1 is 1.17 bits per heavy atom. The molecule has 7 heteroatoms. The summed E-state index contributed by atoms with van der Waals surface area (Å²) >= 11 is 6.79. The molecule has 0 unspecified atom stereocenters. The predicted molar refractivity (Wildman–Crippen MR) is 101 cm³/mol. The Bertz CT molecular complexity index is 763. The number of methoxy groups -OCH3 is 1. The van der Waals surface area contributed by atoms with Gasteiger partial charge >= 0.3 is 0 Å². The Kier molecular flexibility index (Phi) is 6.81. The second-order valence-electron chi connectivity index (χ2n) is 4.91. The van der Waals surface area contributed by atoms with Gasteiger partial charge < -0.3 is 9.47 Å². The molecule has 24 heavy (non-hydrogen) atoms. The van der Waals surface area contributed by atoms with E-state index in [1.54, 1.807) is 13.3 Å². The van der Waals surface area contributed by atoms with E-state index in [0.29, 0.717) is 5.75 Å². The Balaban J connectivity index is 1.85. The van der Waals surface area contributed by atoms with Crippen LogP contribution in [0.3, 0.4) is 0 Å². The first kappa shape index (κ1) is 18.5. The summed E-state index contributed by atoms with van der Waals surface area (Å²) in [5, 5.41) is 3.91. The number of amides is 1. The number of ether oxygens (including phenoxy) is 2. The molecule has 0 saturated carbocycles. The molecule has 0 aromatic heterocycles. The molecule has 0 fully saturated rings. The molecule has 0 saturated heterocycles. The minimum absolute atomic E-state index is 0.120. The summed E-state index contributed by atoms with van der Waals surface area (Å²) in [4.78, 5) is 11.8. The smallest absolute Gasteiger partial charge is 0.277 e. The third kappa shape index (κ3) is 5.35. The van der Waals surface area contributed by atoms with E-state index in [0.717, 1.165) is 25.8 Å². The van der Waals surface area contributed by atoms with Gasteiger partial charge in [0.25, 0.3) is 5.91 Å². The summed E-state index contributed by atoms with van der Waals surface area (Å²) in [5.74, 6) is 0.998. The highest BCUT2D eigenvalue weighted by molar-refractivity contribution is 9.10. The molecule has 0 atom stereocenters. The topological polar surface area (TPSA) is 59.9 Å². The summed E-state index contributed by atoms with van der Waals surface area (Å²) in [6.07, 6.45) is 1.55. The molecule has 0 bridgehead atoms. The highest BCUT2D eigenvalue weighted by Crippen LogP contribution is 2.26. The number of hydrogen-bond donors (Lipinski definition) is 1. The molecule has 0 aliphatic carbocycles. The zero-order chi connectivity index (χ0) is 17.5. The lowest BCUT2D eigenvalue weighted by Gasteiger charge is -2.07.